The molecule has 5 heterocycles. The Kier molecular flexibility index (Phi) is 16.6. The number of aromatic amines is 1. The number of carbonyl (C=O) groups is 5. The van der Waals surface area contributed by atoms with E-state index in [2.05, 4.69) is 30.6 Å². The van der Waals surface area contributed by atoms with Crippen LogP contribution in [0.25, 0.3) is 10.8 Å². The lowest BCUT2D eigenvalue weighted by Gasteiger charge is -2.41. The average molecular weight is 1030 g/mol. The average Bonchev–Trinajstić information content (AvgIpc) is 4.29. The van der Waals surface area contributed by atoms with E-state index in [9.17, 15) is 28.8 Å². The largest absolute Gasteiger partial charge is 0.341 e. The Labute approximate surface area is 437 Å². The van der Waals surface area contributed by atoms with E-state index >= 15 is 8.78 Å². The van der Waals surface area contributed by atoms with Gasteiger partial charge in [0.05, 0.1) is 35.3 Å². The van der Waals surface area contributed by atoms with Gasteiger partial charge in [0.1, 0.15) is 17.7 Å². The minimum atomic E-state index is -0.735. The summed E-state index contributed by atoms with van der Waals surface area (Å²) >= 11 is 0. The Balaban J connectivity index is 0.661. The molecule has 2 saturated carbocycles. The summed E-state index contributed by atoms with van der Waals surface area (Å²) in [6.45, 7) is 8.26. The van der Waals surface area contributed by atoms with E-state index in [1.807, 2.05) is 21.9 Å². The summed E-state index contributed by atoms with van der Waals surface area (Å²) in [5.74, 6) is -1.78. The zero-order valence-electron chi connectivity index (χ0n) is 43.1. The summed E-state index contributed by atoms with van der Waals surface area (Å²) in [4.78, 5) is 92.6. The molecule has 6 aliphatic rings. The minimum absolute atomic E-state index is 0.00499. The number of nitrogens with zero attached hydrogens (tertiary/aromatic N) is 7. The van der Waals surface area contributed by atoms with Crippen molar-refractivity contribution >= 4 is 40.3 Å². The Morgan fingerprint density at radius 1 is 0.653 bits per heavy atom. The first-order valence-electron chi connectivity index (χ1n) is 27.6. The summed E-state index contributed by atoms with van der Waals surface area (Å²) in [6.07, 6.45) is 10.8. The number of piperazine rings is 2. The lowest BCUT2D eigenvalue weighted by atomic mass is 9.83. The summed E-state index contributed by atoms with van der Waals surface area (Å²) in [5, 5.41) is 14.3. The van der Waals surface area contributed by atoms with Crippen molar-refractivity contribution in [2.45, 2.75) is 95.1 Å². The lowest BCUT2D eigenvalue weighted by Crippen LogP contribution is -2.57. The smallest absolute Gasteiger partial charge is 0.272 e. The Hall–Kier alpha value is -6.11. The van der Waals surface area contributed by atoms with Crippen LogP contribution < -0.4 is 16.2 Å². The third-order valence-corrected chi connectivity index (χ3v) is 16.9. The maximum absolute atomic E-state index is 15.5. The summed E-state index contributed by atoms with van der Waals surface area (Å²) in [7, 11) is 0. The van der Waals surface area contributed by atoms with E-state index in [1.165, 1.54) is 12.1 Å². The number of hydrogen-bond donors (Lipinski definition) is 3. The van der Waals surface area contributed by atoms with Crippen molar-refractivity contribution in [3.63, 3.8) is 0 Å². The quantitative estimate of drug-likeness (QED) is 0.151. The molecule has 4 aromatic rings. The van der Waals surface area contributed by atoms with Crippen LogP contribution in [-0.4, -0.2) is 179 Å². The number of amides is 5. The molecule has 4 aliphatic heterocycles. The van der Waals surface area contributed by atoms with Gasteiger partial charge >= 0.3 is 0 Å². The molecule has 0 bridgehead atoms. The summed E-state index contributed by atoms with van der Waals surface area (Å²) in [5.41, 5.74) is 1.76. The molecular formula is C57H72F2N10O6. The van der Waals surface area contributed by atoms with Crippen LogP contribution in [0.2, 0.25) is 0 Å². The van der Waals surface area contributed by atoms with Crippen molar-refractivity contribution in [3.8, 4) is 0 Å². The summed E-state index contributed by atoms with van der Waals surface area (Å²) < 4.78 is 30.6. The molecule has 10 rings (SSSR count). The van der Waals surface area contributed by atoms with Crippen molar-refractivity contribution in [2.75, 3.05) is 98.2 Å². The number of halogens is 2. The van der Waals surface area contributed by atoms with Crippen LogP contribution >= 0.6 is 0 Å². The number of H-pyrrole nitrogens is 1. The molecule has 2 atom stereocenters. The maximum Gasteiger partial charge on any atom is 0.272 e. The SMILES string of the molecule is O=C(N[C@@H](C(=O)N1CCN(CC2CCN(CC(=O)N3CCN(C(=O)c4cc(Cc5n[nH]c(=O)c6ccccc56)ccc4F)CC3)CC2)CC1)C1CCCCC1)c1cc(C2CCCN(C(=O)CNC3CC3)C2)ccc1F. The van der Waals surface area contributed by atoms with E-state index in [0.29, 0.717) is 106 Å². The van der Waals surface area contributed by atoms with Crippen LogP contribution in [0.1, 0.15) is 114 Å². The van der Waals surface area contributed by atoms with Gasteiger partial charge in [-0.2, -0.15) is 5.10 Å². The van der Waals surface area contributed by atoms with Crippen molar-refractivity contribution < 1.29 is 32.8 Å². The predicted octanol–water partition coefficient (Wildman–Crippen LogP) is 4.77. The molecule has 0 radical (unpaired) electrons. The highest BCUT2D eigenvalue weighted by Gasteiger charge is 2.37. The van der Waals surface area contributed by atoms with E-state index in [-0.39, 0.29) is 46.2 Å². The highest BCUT2D eigenvalue weighted by molar-refractivity contribution is 5.98. The van der Waals surface area contributed by atoms with E-state index in [1.54, 1.807) is 46.2 Å². The highest BCUT2D eigenvalue weighted by Crippen LogP contribution is 2.31. The molecular weight excluding hydrogens is 959 g/mol. The molecule has 4 saturated heterocycles. The molecule has 400 valence electrons. The van der Waals surface area contributed by atoms with Crippen LogP contribution in [0.15, 0.2) is 65.5 Å². The molecule has 1 aromatic heterocycles. The number of piperidine rings is 2. The standard InChI is InChI=1S/C57H72F2N10O6/c58-48-17-13-41(42-9-6-20-69(36-42)51(70)34-60-43-14-15-43)33-46(48)54(72)61-53(40-7-2-1-3-8-40)57(75)68-25-23-65(24-26-68)35-38-18-21-64(22-19-38)37-52(71)66-27-29-67(30-28-66)56(74)47-31-39(12-16-49(47)59)32-50-44-10-4-5-11-45(44)55(73)63-62-50/h4-5,10-13,16-17,31,33,38,40,42-43,53,60H,1-3,6-9,14-15,18-30,32,34-37H2,(H,61,72)(H,63,73)/t42?,53-/m1/s1. The molecule has 6 fully saturated rings. The Bertz CT molecular complexity index is 2780. The zero-order chi connectivity index (χ0) is 52.0. The van der Waals surface area contributed by atoms with Crippen LogP contribution in [-0.2, 0) is 20.8 Å². The molecule has 3 N–H and O–H groups in total. The number of likely N-dealkylation sites (tertiary alicyclic amines) is 2. The number of rotatable bonds is 15. The van der Waals surface area contributed by atoms with Crippen LogP contribution in [0.4, 0.5) is 8.78 Å². The first-order chi connectivity index (χ1) is 36.4. The van der Waals surface area contributed by atoms with Gasteiger partial charge in [0.25, 0.3) is 17.4 Å². The van der Waals surface area contributed by atoms with Gasteiger partial charge < -0.3 is 30.2 Å². The van der Waals surface area contributed by atoms with E-state index in [4.69, 9.17) is 0 Å². The van der Waals surface area contributed by atoms with Gasteiger partial charge in [-0.15, -0.1) is 0 Å². The van der Waals surface area contributed by atoms with Gasteiger partial charge in [0.2, 0.25) is 17.7 Å². The van der Waals surface area contributed by atoms with Crippen molar-refractivity contribution in [1.29, 1.82) is 0 Å². The fourth-order valence-electron chi connectivity index (χ4n) is 12.2. The van der Waals surface area contributed by atoms with Crippen LogP contribution in [0.3, 0.4) is 0 Å². The molecule has 75 heavy (non-hydrogen) atoms. The van der Waals surface area contributed by atoms with Crippen molar-refractivity contribution in [2.24, 2.45) is 11.8 Å². The Morgan fingerprint density at radius 3 is 2.09 bits per heavy atom. The number of nitrogens with one attached hydrogen (secondary N) is 3. The van der Waals surface area contributed by atoms with Gasteiger partial charge in [0, 0.05) is 95.8 Å². The van der Waals surface area contributed by atoms with E-state index in [0.717, 1.165) is 109 Å². The number of carbonyl (C=O) groups excluding carboxylic acids is 5. The maximum atomic E-state index is 15.5. The molecule has 16 nitrogen and oxygen atoms in total. The molecule has 18 heteroatoms. The van der Waals surface area contributed by atoms with Crippen molar-refractivity contribution in [3.05, 3.63) is 111 Å². The third-order valence-electron chi connectivity index (χ3n) is 16.9. The second-order valence-electron chi connectivity index (χ2n) is 22.0. The second kappa shape index (κ2) is 23.8. The van der Waals surface area contributed by atoms with Crippen molar-refractivity contribution in [1.82, 2.24) is 50.2 Å². The number of fused-ring (bicyclic) bond motifs is 1. The molecule has 1 unspecified atom stereocenters. The minimum Gasteiger partial charge on any atom is -0.341 e. The number of aromatic nitrogens is 2. The molecule has 0 spiro atoms. The molecule has 2 aliphatic carbocycles. The van der Waals surface area contributed by atoms with Gasteiger partial charge in [-0.1, -0.05) is 49.6 Å². The fourth-order valence-corrected chi connectivity index (χ4v) is 12.2. The van der Waals surface area contributed by atoms with Gasteiger partial charge in [-0.05, 0) is 118 Å². The van der Waals surface area contributed by atoms with Gasteiger partial charge in [-0.3, -0.25) is 38.6 Å². The predicted molar refractivity (Wildman–Crippen MR) is 280 cm³/mol. The molecule has 3 aromatic carbocycles. The van der Waals surface area contributed by atoms with E-state index < -0.39 is 29.5 Å². The highest BCUT2D eigenvalue weighted by atomic mass is 19.1. The fraction of sp³-hybridized carbons (Fsp3) is 0.561. The second-order valence-corrected chi connectivity index (χ2v) is 22.0. The monoisotopic (exact) mass is 1030 g/mol. The Morgan fingerprint density at radius 2 is 1.35 bits per heavy atom. The van der Waals surface area contributed by atoms with Crippen LogP contribution in [0.5, 0.6) is 0 Å². The summed E-state index contributed by atoms with van der Waals surface area (Å²) in [6, 6.07) is 16.0. The van der Waals surface area contributed by atoms with Gasteiger partial charge in [-0.25, -0.2) is 13.9 Å². The topological polar surface area (TPSA) is 175 Å². The van der Waals surface area contributed by atoms with Gasteiger partial charge in [0.15, 0.2) is 0 Å². The molecule has 5 amide bonds. The number of hydrogen-bond acceptors (Lipinski definition) is 10. The number of benzene rings is 3. The third kappa shape index (κ3) is 12.8. The van der Waals surface area contributed by atoms with Crippen LogP contribution in [0, 0.1) is 23.5 Å². The first-order valence-corrected chi connectivity index (χ1v) is 27.6. The zero-order valence-corrected chi connectivity index (χ0v) is 43.1. The first kappa shape index (κ1) is 52.3. The normalized spacial score (nSPS) is 21.1. The lowest BCUT2D eigenvalue weighted by molar-refractivity contribution is -0.137.